The lowest BCUT2D eigenvalue weighted by Crippen LogP contribution is -2.33. The highest BCUT2D eigenvalue weighted by Gasteiger charge is 2.28. The molecule has 114 valence electrons. The Bertz CT molecular complexity index is 799. The first kappa shape index (κ1) is 13.7. The molecule has 3 aromatic rings. The summed E-state index contributed by atoms with van der Waals surface area (Å²) in [6, 6.07) is 8.65. The number of aromatic nitrogens is 1. The van der Waals surface area contributed by atoms with E-state index in [4.69, 9.17) is 4.74 Å². The molecule has 0 unspecified atom stereocenters. The van der Waals surface area contributed by atoms with E-state index >= 15 is 0 Å². The van der Waals surface area contributed by atoms with Crippen molar-refractivity contribution in [1.82, 2.24) is 4.57 Å². The Balaban J connectivity index is 2.06. The predicted octanol–water partition coefficient (Wildman–Crippen LogP) is 3.40. The summed E-state index contributed by atoms with van der Waals surface area (Å²) in [6.07, 6.45) is 0.0106. The van der Waals surface area contributed by atoms with Gasteiger partial charge in [-0.1, -0.05) is 0 Å². The maximum absolute atomic E-state index is 13.6. The summed E-state index contributed by atoms with van der Waals surface area (Å²) in [5, 5.41) is 11.6. The Labute approximate surface area is 125 Å². The summed E-state index contributed by atoms with van der Waals surface area (Å²) < 4.78 is 34.7. The van der Waals surface area contributed by atoms with Gasteiger partial charge in [0.05, 0.1) is 18.8 Å². The van der Waals surface area contributed by atoms with Gasteiger partial charge in [-0.2, -0.15) is 0 Å². The summed E-state index contributed by atoms with van der Waals surface area (Å²) in [7, 11) is 0. The lowest BCUT2D eigenvalue weighted by molar-refractivity contribution is -0.0263. The first-order valence-corrected chi connectivity index (χ1v) is 7.29. The zero-order valence-electron chi connectivity index (χ0n) is 11.8. The number of hydrogen-bond donors (Lipinski definition) is 1. The lowest BCUT2D eigenvalue weighted by atomic mass is 10.1. The zero-order valence-corrected chi connectivity index (χ0v) is 11.8. The number of nitrogens with zero attached hydrogens (tertiary/aromatic N) is 1. The fourth-order valence-electron chi connectivity index (χ4n) is 3.31. The zero-order chi connectivity index (χ0) is 15.3. The molecule has 22 heavy (non-hydrogen) atoms. The minimum Gasteiger partial charge on any atom is -0.391 e. The monoisotopic (exact) mass is 303 g/mol. The van der Waals surface area contributed by atoms with Gasteiger partial charge in [0, 0.05) is 28.4 Å². The molecule has 4 rings (SSSR count). The molecule has 2 aromatic carbocycles. The highest BCUT2D eigenvalue weighted by molar-refractivity contribution is 6.08. The molecule has 2 heterocycles. The molecule has 1 N–H and O–H groups in total. The van der Waals surface area contributed by atoms with Crippen LogP contribution in [0.1, 0.15) is 12.5 Å². The fourth-order valence-corrected chi connectivity index (χ4v) is 3.31. The van der Waals surface area contributed by atoms with Gasteiger partial charge in [-0.05, 0) is 42.8 Å². The van der Waals surface area contributed by atoms with Crippen LogP contribution >= 0.6 is 0 Å². The van der Waals surface area contributed by atoms with Crippen LogP contribution in [0.5, 0.6) is 0 Å². The van der Waals surface area contributed by atoms with E-state index in [1.165, 1.54) is 24.3 Å². The van der Waals surface area contributed by atoms with E-state index in [1.54, 1.807) is 12.1 Å². The van der Waals surface area contributed by atoms with Gasteiger partial charge in [0.15, 0.2) is 0 Å². The van der Waals surface area contributed by atoms with Crippen molar-refractivity contribution < 1.29 is 18.6 Å². The Morgan fingerprint density at radius 1 is 1.00 bits per heavy atom. The van der Waals surface area contributed by atoms with Crippen LogP contribution in [0.4, 0.5) is 8.78 Å². The van der Waals surface area contributed by atoms with E-state index in [9.17, 15) is 13.9 Å². The van der Waals surface area contributed by atoms with Crippen molar-refractivity contribution >= 4 is 21.8 Å². The van der Waals surface area contributed by atoms with Crippen molar-refractivity contribution in [1.29, 1.82) is 0 Å². The second-order valence-electron chi connectivity index (χ2n) is 5.69. The molecule has 1 aliphatic rings. The summed E-state index contributed by atoms with van der Waals surface area (Å²) in [5.41, 5.74) is 1.55. The first-order chi connectivity index (χ1) is 10.6. The molecule has 0 saturated carbocycles. The van der Waals surface area contributed by atoms with Gasteiger partial charge in [-0.25, -0.2) is 8.78 Å². The number of rotatable bonds is 1. The Hall–Kier alpha value is -1.98. The smallest absolute Gasteiger partial charge is 0.123 e. The minimum atomic E-state index is -0.539. The summed E-state index contributed by atoms with van der Waals surface area (Å²) >= 11 is 0. The minimum absolute atomic E-state index is 0.260. The molecule has 0 aliphatic carbocycles. The van der Waals surface area contributed by atoms with E-state index in [0.29, 0.717) is 30.4 Å². The van der Waals surface area contributed by atoms with E-state index in [-0.39, 0.29) is 17.7 Å². The third kappa shape index (κ3) is 2.01. The standard InChI is InChI=1S/C17H15F2NO2/c18-10-1-3-14-12(7-10)13-8-11(19)2-4-15(13)20(14)16-9-22-6-5-17(16)21/h1-4,7-8,16-17,21H,5-6,9H2/t16-,17-/m0/s1. The summed E-state index contributed by atoms with van der Waals surface area (Å²) in [4.78, 5) is 0. The Morgan fingerprint density at radius 3 is 2.14 bits per heavy atom. The number of ether oxygens (including phenoxy) is 1. The van der Waals surface area contributed by atoms with Gasteiger partial charge in [0.1, 0.15) is 11.6 Å². The van der Waals surface area contributed by atoms with Crippen molar-refractivity contribution in [2.24, 2.45) is 0 Å². The number of aliphatic hydroxyl groups excluding tert-OH is 1. The van der Waals surface area contributed by atoms with Crippen molar-refractivity contribution in [3.05, 3.63) is 48.0 Å². The normalized spacial score (nSPS) is 22.5. The van der Waals surface area contributed by atoms with Crippen molar-refractivity contribution in [2.45, 2.75) is 18.6 Å². The highest BCUT2D eigenvalue weighted by atomic mass is 19.1. The molecule has 5 heteroatoms. The highest BCUT2D eigenvalue weighted by Crippen LogP contribution is 2.35. The topological polar surface area (TPSA) is 34.4 Å². The quantitative estimate of drug-likeness (QED) is 0.747. The number of aliphatic hydroxyl groups is 1. The molecule has 3 nitrogen and oxygen atoms in total. The second-order valence-corrected chi connectivity index (χ2v) is 5.69. The molecular weight excluding hydrogens is 288 g/mol. The summed E-state index contributed by atoms with van der Waals surface area (Å²) in [6.45, 7) is 0.910. The molecule has 0 spiro atoms. The third-order valence-corrected chi connectivity index (χ3v) is 4.35. The Kier molecular flexibility index (Phi) is 3.13. The molecule has 1 saturated heterocycles. The molecule has 2 atom stereocenters. The number of halogens is 2. The van der Waals surface area contributed by atoms with E-state index in [0.717, 1.165) is 11.0 Å². The van der Waals surface area contributed by atoms with Crippen LogP contribution in [0.15, 0.2) is 36.4 Å². The van der Waals surface area contributed by atoms with Crippen LogP contribution in [-0.2, 0) is 4.74 Å². The van der Waals surface area contributed by atoms with Gasteiger partial charge in [0.25, 0.3) is 0 Å². The predicted molar refractivity (Wildman–Crippen MR) is 79.8 cm³/mol. The molecule has 1 aliphatic heterocycles. The van der Waals surface area contributed by atoms with Gasteiger partial charge >= 0.3 is 0 Å². The van der Waals surface area contributed by atoms with Gasteiger partial charge in [-0.15, -0.1) is 0 Å². The first-order valence-electron chi connectivity index (χ1n) is 7.29. The van der Waals surface area contributed by atoms with Crippen LogP contribution in [0, 0.1) is 11.6 Å². The Morgan fingerprint density at radius 2 is 1.59 bits per heavy atom. The number of hydrogen-bond acceptors (Lipinski definition) is 2. The largest absolute Gasteiger partial charge is 0.391 e. The van der Waals surface area contributed by atoms with Crippen molar-refractivity contribution in [3.63, 3.8) is 0 Å². The van der Waals surface area contributed by atoms with E-state index < -0.39 is 6.10 Å². The average Bonchev–Trinajstić information content (AvgIpc) is 2.81. The molecule has 0 amide bonds. The van der Waals surface area contributed by atoms with E-state index in [1.807, 2.05) is 4.57 Å². The molecule has 0 radical (unpaired) electrons. The second kappa shape index (κ2) is 5.04. The van der Waals surface area contributed by atoms with Crippen LogP contribution < -0.4 is 0 Å². The van der Waals surface area contributed by atoms with E-state index in [2.05, 4.69) is 0 Å². The van der Waals surface area contributed by atoms with Crippen molar-refractivity contribution in [2.75, 3.05) is 13.2 Å². The maximum atomic E-state index is 13.6. The number of fused-ring (bicyclic) bond motifs is 3. The fraction of sp³-hybridized carbons (Fsp3) is 0.294. The summed E-state index contributed by atoms with van der Waals surface area (Å²) in [5.74, 6) is -0.729. The van der Waals surface area contributed by atoms with Crippen LogP contribution in [0.25, 0.3) is 21.8 Å². The van der Waals surface area contributed by atoms with Gasteiger partial charge in [0.2, 0.25) is 0 Å². The third-order valence-electron chi connectivity index (χ3n) is 4.35. The van der Waals surface area contributed by atoms with Crippen LogP contribution in [0.2, 0.25) is 0 Å². The van der Waals surface area contributed by atoms with Gasteiger partial charge < -0.3 is 14.4 Å². The molecule has 1 aromatic heterocycles. The van der Waals surface area contributed by atoms with Gasteiger partial charge in [-0.3, -0.25) is 0 Å². The maximum Gasteiger partial charge on any atom is 0.123 e. The number of benzene rings is 2. The molecular formula is C17H15F2NO2. The molecule has 1 fully saturated rings. The average molecular weight is 303 g/mol. The van der Waals surface area contributed by atoms with Crippen LogP contribution in [-0.4, -0.2) is 29.0 Å². The van der Waals surface area contributed by atoms with Crippen LogP contribution in [0.3, 0.4) is 0 Å². The lowest BCUT2D eigenvalue weighted by Gasteiger charge is -2.30. The molecule has 0 bridgehead atoms. The van der Waals surface area contributed by atoms with Crippen molar-refractivity contribution in [3.8, 4) is 0 Å². The SMILES string of the molecule is O[C@H]1CCOC[C@@H]1n1c2ccc(F)cc2c2cc(F)ccc21.